The molecule has 0 spiro atoms. The second-order valence-corrected chi connectivity index (χ2v) is 7.87. The van der Waals surface area contributed by atoms with Gasteiger partial charge in [-0.25, -0.2) is 9.37 Å². The number of hydrogen-bond acceptors (Lipinski definition) is 7. The predicted octanol–water partition coefficient (Wildman–Crippen LogP) is 3.12. The molecule has 5 rings (SSSR count). The SMILES string of the molecule is Cc1noc(C)c1C(=O)N1C[C@@H](COc2cnccn2)[C@@H]2COc3ccc(F)cc3[C@@H]21. The number of fused-ring (bicyclic) bond motifs is 3. The first-order chi connectivity index (χ1) is 15.0. The number of nitrogens with zero attached hydrogens (tertiary/aromatic N) is 4. The van der Waals surface area contributed by atoms with Crippen LogP contribution in [0.1, 0.15) is 33.4 Å². The van der Waals surface area contributed by atoms with Gasteiger partial charge in [0.15, 0.2) is 0 Å². The van der Waals surface area contributed by atoms with E-state index < -0.39 is 0 Å². The first-order valence-corrected chi connectivity index (χ1v) is 10.1. The fraction of sp³-hybridized carbons (Fsp3) is 0.364. The summed E-state index contributed by atoms with van der Waals surface area (Å²) in [5.74, 6) is 0.817. The minimum Gasteiger partial charge on any atom is -0.493 e. The van der Waals surface area contributed by atoms with Gasteiger partial charge in [0.2, 0.25) is 5.88 Å². The fourth-order valence-corrected chi connectivity index (χ4v) is 4.55. The lowest BCUT2D eigenvalue weighted by Crippen LogP contribution is -2.36. The monoisotopic (exact) mass is 424 g/mol. The van der Waals surface area contributed by atoms with Gasteiger partial charge in [0.1, 0.15) is 22.9 Å². The molecule has 0 N–H and O–H groups in total. The normalized spacial score (nSPS) is 21.9. The molecule has 31 heavy (non-hydrogen) atoms. The Morgan fingerprint density at radius 2 is 2.19 bits per heavy atom. The maximum absolute atomic E-state index is 14.1. The molecule has 2 aliphatic rings. The quantitative estimate of drug-likeness (QED) is 0.636. The van der Waals surface area contributed by atoms with Crippen molar-refractivity contribution in [3.8, 4) is 11.6 Å². The summed E-state index contributed by atoms with van der Waals surface area (Å²) in [5, 5.41) is 3.92. The molecule has 160 valence electrons. The van der Waals surface area contributed by atoms with Crippen LogP contribution in [0.25, 0.3) is 0 Å². The molecule has 1 aromatic carbocycles. The summed E-state index contributed by atoms with van der Waals surface area (Å²) in [6.45, 7) is 4.62. The lowest BCUT2D eigenvalue weighted by Gasteiger charge is -2.34. The van der Waals surface area contributed by atoms with Gasteiger partial charge in [0.25, 0.3) is 5.91 Å². The number of carbonyl (C=O) groups is 1. The van der Waals surface area contributed by atoms with Crippen molar-refractivity contribution in [1.82, 2.24) is 20.0 Å². The van der Waals surface area contributed by atoms with Crippen molar-refractivity contribution in [3.63, 3.8) is 0 Å². The lowest BCUT2D eigenvalue weighted by molar-refractivity contribution is 0.0671. The molecule has 0 unspecified atom stereocenters. The number of carbonyl (C=O) groups excluding carboxylic acids is 1. The minimum absolute atomic E-state index is 0.0344. The highest BCUT2D eigenvalue weighted by atomic mass is 19.1. The van der Waals surface area contributed by atoms with Crippen LogP contribution in [0.2, 0.25) is 0 Å². The molecule has 3 aromatic rings. The van der Waals surface area contributed by atoms with Crippen LogP contribution in [0.4, 0.5) is 4.39 Å². The third kappa shape index (κ3) is 3.39. The van der Waals surface area contributed by atoms with E-state index >= 15 is 0 Å². The molecule has 8 nitrogen and oxygen atoms in total. The van der Waals surface area contributed by atoms with Crippen LogP contribution in [0.5, 0.6) is 11.6 Å². The van der Waals surface area contributed by atoms with Crippen LogP contribution < -0.4 is 9.47 Å². The number of rotatable bonds is 4. The van der Waals surface area contributed by atoms with E-state index in [9.17, 15) is 9.18 Å². The van der Waals surface area contributed by atoms with Crippen molar-refractivity contribution < 1.29 is 23.2 Å². The van der Waals surface area contributed by atoms with Crippen LogP contribution in [-0.2, 0) is 0 Å². The Morgan fingerprint density at radius 1 is 1.32 bits per heavy atom. The number of hydrogen-bond donors (Lipinski definition) is 0. The van der Waals surface area contributed by atoms with E-state index in [1.54, 1.807) is 43.4 Å². The second-order valence-electron chi connectivity index (χ2n) is 7.87. The van der Waals surface area contributed by atoms with Gasteiger partial charge < -0.3 is 18.9 Å². The molecular weight excluding hydrogens is 403 g/mol. The van der Waals surface area contributed by atoms with E-state index in [1.165, 1.54) is 12.1 Å². The third-order valence-electron chi connectivity index (χ3n) is 5.99. The standard InChI is InChI=1S/C22H21FN4O4/c1-12-20(13(2)31-26-12)22(28)27-9-14(10-30-19-8-24-5-6-25-19)17-11-29-18-4-3-15(23)7-16(18)21(17)27/h3-8,14,17,21H,9-11H2,1-2H3/t14-,17-,21-/m0/s1. The van der Waals surface area contributed by atoms with E-state index in [1.807, 2.05) is 0 Å². The number of halogens is 1. The minimum atomic E-state index is -0.369. The summed E-state index contributed by atoms with van der Waals surface area (Å²) in [4.78, 5) is 23.5. The van der Waals surface area contributed by atoms with Gasteiger partial charge in [-0.15, -0.1) is 0 Å². The Hall–Kier alpha value is -3.49. The summed E-state index contributed by atoms with van der Waals surface area (Å²) in [6, 6.07) is 4.09. The average Bonchev–Trinajstić information content (AvgIpc) is 3.32. The van der Waals surface area contributed by atoms with E-state index in [0.717, 1.165) is 0 Å². The molecule has 2 aromatic heterocycles. The molecule has 2 aliphatic heterocycles. The first-order valence-electron chi connectivity index (χ1n) is 10.1. The molecule has 9 heteroatoms. The zero-order chi connectivity index (χ0) is 21.5. The Labute approximate surface area is 178 Å². The van der Waals surface area contributed by atoms with Crippen molar-refractivity contribution in [2.75, 3.05) is 19.8 Å². The highest BCUT2D eigenvalue weighted by Crippen LogP contribution is 2.48. The summed E-state index contributed by atoms with van der Waals surface area (Å²) in [7, 11) is 0. The summed E-state index contributed by atoms with van der Waals surface area (Å²) in [6.07, 6.45) is 4.67. The average molecular weight is 424 g/mol. The Balaban J connectivity index is 1.49. The highest BCUT2D eigenvalue weighted by molar-refractivity contribution is 5.96. The predicted molar refractivity (Wildman–Crippen MR) is 106 cm³/mol. The summed E-state index contributed by atoms with van der Waals surface area (Å²) in [5.41, 5.74) is 1.64. The number of aromatic nitrogens is 3. The molecule has 0 bridgehead atoms. The molecular formula is C22H21FN4O4. The van der Waals surface area contributed by atoms with Gasteiger partial charge in [-0.3, -0.25) is 9.78 Å². The lowest BCUT2D eigenvalue weighted by atomic mass is 9.85. The van der Waals surface area contributed by atoms with Crippen LogP contribution >= 0.6 is 0 Å². The second kappa shape index (κ2) is 7.64. The van der Waals surface area contributed by atoms with Crippen LogP contribution in [-0.4, -0.2) is 45.7 Å². The Bertz CT molecular complexity index is 1100. The molecule has 1 amide bonds. The van der Waals surface area contributed by atoms with Crippen molar-refractivity contribution in [3.05, 3.63) is 65.2 Å². The number of likely N-dealkylation sites (tertiary alicyclic amines) is 1. The Kier molecular flexibility index (Phi) is 4.80. The van der Waals surface area contributed by atoms with Crippen molar-refractivity contribution >= 4 is 5.91 Å². The van der Waals surface area contributed by atoms with Crippen molar-refractivity contribution in [2.24, 2.45) is 11.8 Å². The number of aryl methyl sites for hydroxylation is 2. The molecule has 3 atom stereocenters. The maximum Gasteiger partial charge on any atom is 0.259 e. The molecule has 0 aliphatic carbocycles. The van der Waals surface area contributed by atoms with Gasteiger partial charge >= 0.3 is 0 Å². The summed E-state index contributed by atoms with van der Waals surface area (Å²) >= 11 is 0. The molecule has 1 fully saturated rings. The smallest absolute Gasteiger partial charge is 0.259 e. The largest absolute Gasteiger partial charge is 0.493 e. The van der Waals surface area contributed by atoms with Gasteiger partial charge in [0.05, 0.1) is 31.1 Å². The van der Waals surface area contributed by atoms with Crippen LogP contribution in [0, 0.1) is 31.5 Å². The third-order valence-corrected chi connectivity index (χ3v) is 5.99. The first kappa shape index (κ1) is 19.5. The van der Waals surface area contributed by atoms with Gasteiger partial charge in [-0.05, 0) is 32.0 Å². The van der Waals surface area contributed by atoms with Crippen LogP contribution in [0.3, 0.4) is 0 Å². The zero-order valence-corrected chi connectivity index (χ0v) is 17.1. The van der Waals surface area contributed by atoms with Gasteiger partial charge in [-0.1, -0.05) is 5.16 Å². The van der Waals surface area contributed by atoms with Gasteiger partial charge in [-0.2, -0.15) is 0 Å². The molecule has 4 heterocycles. The van der Waals surface area contributed by atoms with Crippen molar-refractivity contribution in [1.29, 1.82) is 0 Å². The van der Waals surface area contributed by atoms with Crippen LogP contribution in [0.15, 0.2) is 41.3 Å². The molecule has 1 saturated heterocycles. The number of amides is 1. The Morgan fingerprint density at radius 3 is 2.94 bits per heavy atom. The topological polar surface area (TPSA) is 90.6 Å². The fourth-order valence-electron chi connectivity index (χ4n) is 4.55. The molecule has 0 radical (unpaired) electrons. The highest BCUT2D eigenvalue weighted by Gasteiger charge is 2.49. The summed E-state index contributed by atoms with van der Waals surface area (Å²) < 4.78 is 31.1. The molecule has 0 saturated carbocycles. The van der Waals surface area contributed by atoms with E-state index in [2.05, 4.69) is 15.1 Å². The number of ether oxygens (including phenoxy) is 2. The van der Waals surface area contributed by atoms with Gasteiger partial charge in [0, 0.05) is 36.3 Å². The van der Waals surface area contributed by atoms with Crippen molar-refractivity contribution in [2.45, 2.75) is 19.9 Å². The van der Waals surface area contributed by atoms with E-state index in [4.69, 9.17) is 14.0 Å². The van der Waals surface area contributed by atoms with E-state index in [-0.39, 0.29) is 29.6 Å². The maximum atomic E-state index is 14.1. The van der Waals surface area contributed by atoms with E-state index in [0.29, 0.717) is 54.0 Å². The zero-order valence-electron chi connectivity index (χ0n) is 17.1. The number of benzene rings is 1.